The lowest BCUT2D eigenvalue weighted by Crippen LogP contribution is -2.32. The lowest BCUT2D eigenvalue weighted by Gasteiger charge is -2.23. The molecule has 1 aliphatic carbocycles. The smallest absolute Gasteiger partial charge is 0.133 e. The van der Waals surface area contributed by atoms with Crippen molar-refractivity contribution in [1.82, 2.24) is 14.8 Å². The van der Waals surface area contributed by atoms with Crippen LogP contribution in [0.15, 0.2) is 0 Å². The molecule has 2 heterocycles. The summed E-state index contributed by atoms with van der Waals surface area (Å²) in [4.78, 5) is 0. The van der Waals surface area contributed by atoms with E-state index in [9.17, 15) is 0 Å². The molecule has 1 aliphatic heterocycles. The van der Waals surface area contributed by atoms with Crippen molar-refractivity contribution in [3.8, 4) is 0 Å². The molecule has 1 aromatic heterocycles. The van der Waals surface area contributed by atoms with Crippen molar-refractivity contribution in [2.24, 2.45) is 11.7 Å². The van der Waals surface area contributed by atoms with Crippen molar-refractivity contribution in [1.29, 1.82) is 0 Å². The first-order chi connectivity index (χ1) is 8.83. The highest BCUT2D eigenvalue weighted by molar-refractivity contribution is 5.01. The summed E-state index contributed by atoms with van der Waals surface area (Å²) in [6.45, 7) is 0.919. The summed E-state index contributed by atoms with van der Waals surface area (Å²) < 4.78 is 2.27. The Morgan fingerprint density at radius 3 is 2.78 bits per heavy atom. The number of nitrogens with zero attached hydrogens (tertiary/aromatic N) is 3. The van der Waals surface area contributed by atoms with Crippen LogP contribution in [0.25, 0.3) is 0 Å². The topological polar surface area (TPSA) is 56.7 Å². The summed E-state index contributed by atoms with van der Waals surface area (Å²) in [6.07, 6.45) is 11.5. The zero-order chi connectivity index (χ0) is 12.4. The van der Waals surface area contributed by atoms with Crippen molar-refractivity contribution in [2.75, 3.05) is 0 Å². The van der Waals surface area contributed by atoms with E-state index in [1.807, 2.05) is 0 Å². The number of aromatic nitrogens is 3. The molecule has 3 rings (SSSR count). The third kappa shape index (κ3) is 2.58. The summed E-state index contributed by atoms with van der Waals surface area (Å²) in [5.41, 5.74) is 6.04. The Kier molecular flexibility index (Phi) is 3.64. The van der Waals surface area contributed by atoms with Gasteiger partial charge in [-0.15, -0.1) is 10.2 Å². The quantitative estimate of drug-likeness (QED) is 0.891. The fourth-order valence-corrected chi connectivity index (χ4v) is 3.40. The SMILES string of the molecule is NC1CCc2nnc(CCC3CCCCC3)n2C1. The predicted octanol–water partition coefficient (Wildman–Crippen LogP) is 2.06. The Balaban J connectivity index is 1.61. The summed E-state index contributed by atoms with van der Waals surface area (Å²) >= 11 is 0. The van der Waals surface area contributed by atoms with Gasteiger partial charge in [-0.05, 0) is 18.8 Å². The molecule has 1 saturated carbocycles. The van der Waals surface area contributed by atoms with E-state index in [-0.39, 0.29) is 0 Å². The molecule has 0 bridgehead atoms. The monoisotopic (exact) mass is 248 g/mol. The molecule has 100 valence electrons. The molecule has 4 heteroatoms. The average molecular weight is 248 g/mol. The second kappa shape index (κ2) is 5.39. The van der Waals surface area contributed by atoms with Crippen LogP contribution in [0, 0.1) is 5.92 Å². The minimum Gasteiger partial charge on any atom is -0.326 e. The molecule has 0 saturated heterocycles. The van der Waals surface area contributed by atoms with Gasteiger partial charge in [0.15, 0.2) is 0 Å². The van der Waals surface area contributed by atoms with Gasteiger partial charge in [0.05, 0.1) is 0 Å². The molecule has 1 fully saturated rings. The van der Waals surface area contributed by atoms with Gasteiger partial charge in [-0.1, -0.05) is 32.1 Å². The zero-order valence-electron chi connectivity index (χ0n) is 11.1. The maximum Gasteiger partial charge on any atom is 0.133 e. The number of fused-ring (bicyclic) bond motifs is 1. The highest BCUT2D eigenvalue weighted by Crippen LogP contribution is 2.27. The summed E-state index contributed by atoms with van der Waals surface area (Å²) in [7, 11) is 0. The standard InChI is InChI=1S/C14H24N4/c15-12-7-9-14-17-16-13(18(14)10-12)8-6-11-4-2-1-3-5-11/h11-12H,1-10,15H2. The molecular formula is C14H24N4. The molecule has 1 unspecified atom stereocenters. The molecule has 1 aromatic rings. The second-order valence-electron chi connectivity index (χ2n) is 5.98. The van der Waals surface area contributed by atoms with Gasteiger partial charge >= 0.3 is 0 Å². The molecule has 0 spiro atoms. The normalized spacial score (nSPS) is 25.1. The molecule has 0 radical (unpaired) electrons. The molecular weight excluding hydrogens is 224 g/mol. The van der Waals surface area contributed by atoms with Crippen LogP contribution < -0.4 is 5.73 Å². The van der Waals surface area contributed by atoms with Gasteiger partial charge in [-0.25, -0.2) is 0 Å². The van der Waals surface area contributed by atoms with Crippen molar-refractivity contribution < 1.29 is 0 Å². The average Bonchev–Trinajstić information content (AvgIpc) is 2.80. The van der Waals surface area contributed by atoms with Crippen molar-refractivity contribution in [3.63, 3.8) is 0 Å². The van der Waals surface area contributed by atoms with E-state index in [4.69, 9.17) is 5.73 Å². The first-order valence-corrected chi connectivity index (χ1v) is 7.49. The molecule has 18 heavy (non-hydrogen) atoms. The van der Waals surface area contributed by atoms with Crippen LogP contribution in [0.2, 0.25) is 0 Å². The summed E-state index contributed by atoms with van der Waals surface area (Å²) in [5.74, 6) is 3.24. The maximum atomic E-state index is 6.04. The van der Waals surface area contributed by atoms with Crippen molar-refractivity contribution in [3.05, 3.63) is 11.6 Å². The highest BCUT2D eigenvalue weighted by atomic mass is 15.3. The molecule has 4 nitrogen and oxygen atoms in total. The summed E-state index contributed by atoms with van der Waals surface area (Å²) in [6, 6.07) is 0.293. The second-order valence-corrected chi connectivity index (χ2v) is 5.98. The Hall–Kier alpha value is -0.900. The Bertz CT molecular complexity index is 392. The third-order valence-electron chi connectivity index (χ3n) is 4.56. The molecule has 0 aromatic carbocycles. The van der Waals surface area contributed by atoms with Gasteiger partial charge < -0.3 is 10.3 Å². The van der Waals surface area contributed by atoms with Gasteiger partial charge in [-0.2, -0.15) is 0 Å². The van der Waals surface area contributed by atoms with Crippen LogP contribution in [-0.4, -0.2) is 20.8 Å². The molecule has 0 amide bonds. The Labute approximate surface area is 109 Å². The van der Waals surface area contributed by atoms with E-state index in [1.54, 1.807) is 0 Å². The Morgan fingerprint density at radius 1 is 1.11 bits per heavy atom. The van der Waals surface area contributed by atoms with Crippen LogP contribution in [0.1, 0.15) is 56.6 Å². The minimum atomic E-state index is 0.293. The van der Waals surface area contributed by atoms with Crippen LogP contribution >= 0.6 is 0 Å². The molecule has 1 atom stereocenters. The molecule has 2 aliphatic rings. The third-order valence-corrected chi connectivity index (χ3v) is 4.56. The van der Waals surface area contributed by atoms with Gasteiger partial charge in [0.25, 0.3) is 0 Å². The lowest BCUT2D eigenvalue weighted by atomic mass is 9.86. The number of rotatable bonds is 3. The minimum absolute atomic E-state index is 0.293. The van der Waals surface area contributed by atoms with Crippen LogP contribution in [0.5, 0.6) is 0 Å². The van der Waals surface area contributed by atoms with E-state index in [0.717, 1.165) is 37.5 Å². The van der Waals surface area contributed by atoms with Gasteiger partial charge in [0, 0.05) is 25.4 Å². The highest BCUT2D eigenvalue weighted by Gasteiger charge is 2.21. The number of nitrogens with two attached hydrogens (primary N) is 1. The van der Waals surface area contributed by atoms with Crippen LogP contribution in [0.3, 0.4) is 0 Å². The fraction of sp³-hybridized carbons (Fsp3) is 0.857. The van der Waals surface area contributed by atoms with Gasteiger partial charge in [0.2, 0.25) is 0 Å². The van der Waals surface area contributed by atoms with E-state index in [0.29, 0.717) is 6.04 Å². The fourth-order valence-electron chi connectivity index (χ4n) is 3.40. The predicted molar refractivity (Wildman–Crippen MR) is 71.2 cm³/mol. The van der Waals surface area contributed by atoms with Gasteiger partial charge in [0.1, 0.15) is 11.6 Å². The van der Waals surface area contributed by atoms with Gasteiger partial charge in [-0.3, -0.25) is 0 Å². The van der Waals surface area contributed by atoms with E-state index in [1.165, 1.54) is 44.3 Å². The largest absolute Gasteiger partial charge is 0.326 e. The first kappa shape index (κ1) is 12.2. The Morgan fingerprint density at radius 2 is 1.94 bits per heavy atom. The zero-order valence-corrected chi connectivity index (χ0v) is 11.1. The lowest BCUT2D eigenvalue weighted by molar-refractivity contribution is 0.334. The van der Waals surface area contributed by atoms with Crippen LogP contribution in [-0.2, 0) is 19.4 Å². The van der Waals surface area contributed by atoms with Crippen molar-refractivity contribution >= 4 is 0 Å². The first-order valence-electron chi connectivity index (χ1n) is 7.49. The van der Waals surface area contributed by atoms with E-state index < -0.39 is 0 Å². The maximum absolute atomic E-state index is 6.04. The molecule has 2 N–H and O–H groups in total. The number of hydrogen-bond acceptors (Lipinski definition) is 3. The number of aryl methyl sites for hydroxylation is 2. The van der Waals surface area contributed by atoms with Crippen molar-refractivity contribution in [2.45, 2.75) is 70.4 Å². The van der Waals surface area contributed by atoms with E-state index >= 15 is 0 Å². The van der Waals surface area contributed by atoms with Crippen LogP contribution in [0.4, 0.5) is 0 Å². The number of hydrogen-bond donors (Lipinski definition) is 1. The van der Waals surface area contributed by atoms with E-state index in [2.05, 4.69) is 14.8 Å². The summed E-state index contributed by atoms with van der Waals surface area (Å²) in [5, 5.41) is 8.69.